The largest absolute Gasteiger partial charge is 0.497 e. The summed E-state index contributed by atoms with van der Waals surface area (Å²) in [4.78, 5) is 14.7. The van der Waals surface area contributed by atoms with Crippen LogP contribution in [0.4, 0.5) is 5.69 Å². The Morgan fingerprint density at radius 2 is 1.73 bits per heavy atom. The van der Waals surface area contributed by atoms with Crippen LogP contribution in [-0.2, 0) is 16.1 Å². The van der Waals surface area contributed by atoms with Crippen LogP contribution in [0, 0.1) is 5.41 Å². The highest BCUT2D eigenvalue weighted by Crippen LogP contribution is 2.42. The first-order valence-corrected chi connectivity index (χ1v) is 9.78. The van der Waals surface area contributed by atoms with Crippen molar-refractivity contribution in [1.82, 2.24) is 0 Å². The maximum absolute atomic E-state index is 12.9. The predicted molar refractivity (Wildman–Crippen MR) is 107 cm³/mol. The number of hydrogen-bond acceptors (Lipinski definition) is 3. The summed E-state index contributed by atoms with van der Waals surface area (Å²) in [5.41, 5.74) is 1.81. The highest BCUT2D eigenvalue weighted by atomic mass is 79.9. The minimum absolute atomic E-state index is 0.00474. The van der Waals surface area contributed by atoms with Crippen LogP contribution in [0.15, 0.2) is 54.6 Å². The molecular formula is C21H24BrNO3. The Balaban J connectivity index is 1.80. The number of β-lactam (4-membered cyclic amide) rings is 1. The van der Waals surface area contributed by atoms with Gasteiger partial charge in [-0.15, -0.1) is 0 Å². The van der Waals surface area contributed by atoms with E-state index in [-0.39, 0.29) is 17.4 Å². The second-order valence-electron chi connectivity index (χ2n) is 7.19. The van der Waals surface area contributed by atoms with Crippen molar-refractivity contribution >= 4 is 27.5 Å². The van der Waals surface area contributed by atoms with Crippen LogP contribution in [0.25, 0.3) is 0 Å². The molecule has 0 radical (unpaired) electrons. The molecule has 4 nitrogen and oxygen atoms in total. The normalized spacial score (nSPS) is 20.0. The van der Waals surface area contributed by atoms with Gasteiger partial charge in [0.15, 0.2) is 6.10 Å². The third-order valence-corrected chi connectivity index (χ3v) is 6.26. The van der Waals surface area contributed by atoms with Crippen LogP contribution in [0.1, 0.15) is 19.4 Å². The monoisotopic (exact) mass is 417 g/mol. The molecule has 1 saturated heterocycles. The summed E-state index contributed by atoms with van der Waals surface area (Å²) in [7, 11) is 1.63. The van der Waals surface area contributed by atoms with E-state index >= 15 is 0 Å². The summed E-state index contributed by atoms with van der Waals surface area (Å²) in [5.74, 6) is 0.778. The van der Waals surface area contributed by atoms with E-state index in [1.54, 1.807) is 7.11 Å². The van der Waals surface area contributed by atoms with Gasteiger partial charge in [0.1, 0.15) is 5.75 Å². The first-order chi connectivity index (χ1) is 12.5. The van der Waals surface area contributed by atoms with Crippen LogP contribution in [0.5, 0.6) is 5.75 Å². The third kappa shape index (κ3) is 3.64. The average molecular weight is 418 g/mol. The summed E-state index contributed by atoms with van der Waals surface area (Å²) < 4.78 is 11.3. The van der Waals surface area contributed by atoms with E-state index in [9.17, 15) is 4.79 Å². The molecule has 138 valence electrons. The molecule has 26 heavy (non-hydrogen) atoms. The predicted octanol–water partition coefficient (Wildman–Crippen LogP) is 4.42. The van der Waals surface area contributed by atoms with Crippen molar-refractivity contribution in [3.8, 4) is 5.75 Å². The fourth-order valence-electron chi connectivity index (χ4n) is 3.25. The number of alkyl halides is 1. The van der Waals surface area contributed by atoms with Crippen molar-refractivity contribution in [3.63, 3.8) is 0 Å². The van der Waals surface area contributed by atoms with Gasteiger partial charge in [0, 0.05) is 11.0 Å². The van der Waals surface area contributed by atoms with Gasteiger partial charge >= 0.3 is 0 Å². The van der Waals surface area contributed by atoms with Gasteiger partial charge in [-0.25, -0.2) is 0 Å². The lowest BCUT2D eigenvalue weighted by molar-refractivity contribution is -0.148. The summed E-state index contributed by atoms with van der Waals surface area (Å²) in [5, 5.41) is 0.774. The van der Waals surface area contributed by atoms with E-state index < -0.39 is 6.10 Å². The quantitative estimate of drug-likeness (QED) is 0.494. The Hall–Kier alpha value is -1.85. The van der Waals surface area contributed by atoms with Crippen molar-refractivity contribution in [2.45, 2.75) is 32.6 Å². The van der Waals surface area contributed by atoms with E-state index in [0.717, 1.165) is 22.3 Å². The van der Waals surface area contributed by atoms with Crippen molar-refractivity contribution in [3.05, 3.63) is 60.2 Å². The number of carbonyl (C=O) groups is 1. The Labute approximate surface area is 163 Å². The highest BCUT2D eigenvalue weighted by molar-refractivity contribution is 9.09. The van der Waals surface area contributed by atoms with Gasteiger partial charge in [0.25, 0.3) is 5.91 Å². The lowest BCUT2D eigenvalue weighted by atomic mass is 9.76. The molecule has 1 heterocycles. The van der Waals surface area contributed by atoms with Gasteiger partial charge < -0.3 is 14.4 Å². The standard InChI is InChI=1S/C21H24BrNO3/c1-21(2,14-22)19-18(26-13-15-7-5-4-6-8-15)20(24)23(19)16-9-11-17(25-3)12-10-16/h4-12,18-19H,13-14H2,1-3H3/t18-,19-/m0/s1. The number of methoxy groups -OCH3 is 1. The minimum Gasteiger partial charge on any atom is -0.497 e. The fourth-order valence-corrected chi connectivity index (χ4v) is 3.59. The Bertz CT molecular complexity index is 746. The summed E-state index contributed by atoms with van der Waals surface area (Å²) in [6, 6.07) is 17.5. The summed E-state index contributed by atoms with van der Waals surface area (Å²) >= 11 is 3.60. The number of amides is 1. The maximum atomic E-state index is 12.9. The molecule has 2 aromatic carbocycles. The zero-order valence-electron chi connectivity index (χ0n) is 15.3. The summed E-state index contributed by atoms with van der Waals surface area (Å²) in [6.07, 6.45) is -0.440. The summed E-state index contributed by atoms with van der Waals surface area (Å²) in [6.45, 7) is 4.73. The van der Waals surface area contributed by atoms with Gasteiger partial charge in [-0.1, -0.05) is 60.1 Å². The van der Waals surface area contributed by atoms with Crippen LogP contribution >= 0.6 is 15.9 Å². The molecule has 1 fully saturated rings. The molecule has 5 heteroatoms. The zero-order valence-corrected chi connectivity index (χ0v) is 16.9. The molecule has 2 atom stereocenters. The topological polar surface area (TPSA) is 38.8 Å². The molecule has 3 rings (SSSR count). The van der Waals surface area contributed by atoms with Crippen molar-refractivity contribution in [1.29, 1.82) is 0 Å². The average Bonchev–Trinajstić information content (AvgIpc) is 2.67. The molecule has 1 aliphatic rings. The lowest BCUT2D eigenvalue weighted by Crippen LogP contribution is -2.71. The van der Waals surface area contributed by atoms with E-state index in [0.29, 0.717) is 6.61 Å². The van der Waals surface area contributed by atoms with Crippen molar-refractivity contribution in [2.24, 2.45) is 5.41 Å². The van der Waals surface area contributed by atoms with Crippen LogP contribution in [0.2, 0.25) is 0 Å². The van der Waals surface area contributed by atoms with Crippen LogP contribution in [0.3, 0.4) is 0 Å². The number of carbonyl (C=O) groups excluding carboxylic acids is 1. The van der Waals surface area contributed by atoms with Crippen LogP contribution in [-0.4, -0.2) is 30.5 Å². The number of hydrogen-bond donors (Lipinski definition) is 0. The molecule has 0 bridgehead atoms. The Morgan fingerprint density at radius 3 is 2.31 bits per heavy atom. The molecule has 0 spiro atoms. The zero-order chi connectivity index (χ0) is 18.7. The number of halogens is 1. The molecule has 0 aliphatic carbocycles. The van der Waals surface area contributed by atoms with Crippen LogP contribution < -0.4 is 9.64 Å². The first kappa shape index (κ1) is 18.9. The Kier molecular flexibility index (Phi) is 5.68. The van der Waals surface area contributed by atoms with Gasteiger partial charge in [0.2, 0.25) is 0 Å². The third-order valence-electron chi connectivity index (χ3n) is 4.81. The molecule has 1 aliphatic heterocycles. The van der Waals surface area contributed by atoms with Gasteiger partial charge in [-0.05, 0) is 35.2 Å². The van der Waals surface area contributed by atoms with Crippen molar-refractivity contribution in [2.75, 3.05) is 17.3 Å². The minimum atomic E-state index is -0.440. The SMILES string of the molecule is COc1ccc(N2C(=O)[C@@H](OCc3ccccc3)[C@H]2C(C)(C)CBr)cc1. The Morgan fingerprint density at radius 1 is 1.08 bits per heavy atom. The van der Waals surface area contributed by atoms with E-state index in [1.165, 1.54) is 0 Å². The van der Waals surface area contributed by atoms with Gasteiger partial charge in [-0.3, -0.25) is 4.79 Å². The molecule has 0 saturated carbocycles. The van der Waals surface area contributed by atoms with Gasteiger partial charge in [-0.2, -0.15) is 0 Å². The highest BCUT2D eigenvalue weighted by Gasteiger charge is 2.55. The molecule has 0 aromatic heterocycles. The number of nitrogens with zero attached hydrogens (tertiary/aromatic N) is 1. The second-order valence-corrected chi connectivity index (χ2v) is 7.75. The molecule has 2 aromatic rings. The van der Waals surface area contributed by atoms with Crippen molar-refractivity contribution < 1.29 is 14.3 Å². The van der Waals surface area contributed by atoms with Gasteiger partial charge in [0.05, 0.1) is 19.8 Å². The molecule has 0 unspecified atom stereocenters. The second kappa shape index (κ2) is 7.80. The number of rotatable bonds is 7. The maximum Gasteiger partial charge on any atom is 0.258 e. The molecule has 1 amide bonds. The lowest BCUT2D eigenvalue weighted by Gasteiger charge is -2.53. The van der Waals surface area contributed by atoms with E-state index in [2.05, 4.69) is 29.8 Å². The number of ether oxygens (including phenoxy) is 2. The number of benzene rings is 2. The smallest absolute Gasteiger partial charge is 0.258 e. The molecule has 0 N–H and O–H groups in total. The number of anilines is 1. The van der Waals surface area contributed by atoms with E-state index in [1.807, 2.05) is 59.5 Å². The molecular weight excluding hydrogens is 394 g/mol. The fraction of sp³-hybridized carbons (Fsp3) is 0.381. The van der Waals surface area contributed by atoms with E-state index in [4.69, 9.17) is 9.47 Å². The first-order valence-electron chi connectivity index (χ1n) is 8.66.